The van der Waals surface area contributed by atoms with E-state index in [-0.39, 0.29) is 0 Å². The van der Waals surface area contributed by atoms with E-state index in [1.54, 1.807) is 18.4 Å². The lowest BCUT2D eigenvalue weighted by molar-refractivity contribution is 0.399. The molecular weight excluding hydrogens is 234 g/mol. The highest BCUT2D eigenvalue weighted by molar-refractivity contribution is 7.07. The third kappa shape index (κ3) is 2.01. The Morgan fingerprint density at radius 3 is 3.00 bits per heavy atom. The van der Waals surface area contributed by atoms with Gasteiger partial charge in [0.15, 0.2) is 5.65 Å². The van der Waals surface area contributed by atoms with Gasteiger partial charge in [0, 0.05) is 12.5 Å². The molecule has 17 heavy (non-hydrogen) atoms. The summed E-state index contributed by atoms with van der Waals surface area (Å²) in [7, 11) is 1.60. The molecule has 0 amide bonds. The van der Waals surface area contributed by atoms with Gasteiger partial charge in [0.1, 0.15) is 5.82 Å². The number of imidazole rings is 1. The first-order chi connectivity index (χ1) is 8.35. The topological polar surface area (TPSA) is 50.8 Å². The van der Waals surface area contributed by atoms with Crippen molar-refractivity contribution in [3.05, 3.63) is 40.3 Å². The Balaban J connectivity index is 1.96. The molecule has 0 aromatic carbocycles. The zero-order valence-electron chi connectivity index (χ0n) is 9.30. The summed E-state index contributed by atoms with van der Waals surface area (Å²) in [5.74, 6) is 1.52. The van der Waals surface area contributed by atoms with Crippen LogP contribution in [0.15, 0.2) is 29.0 Å². The summed E-state index contributed by atoms with van der Waals surface area (Å²) in [4.78, 5) is 12.0. The zero-order valence-corrected chi connectivity index (χ0v) is 10.1. The van der Waals surface area contributed by atoms with Gasteiger partial charge in [-0.2, -0.15) is 16.3 Å². The Hall–Kier alpha value is -1.88. The molecule has 1 N–H and O–H groups in total. The molecule has 0 atom stereocenters. The average molecular weight is 245 g/mol. The molecule has 5 heteroatoms. The maximum Gasteiger partial charge on any atom is 0.215 e. The van der Waals surface area contributed by atoms with Gasteiger partial charge in [-0.05, 0) is 28.5 Å². The molecule has 0 saturated heterocycles. The number of methoxy groups -OCH3 is 1. The number of pyridine rings is 1. The fourth-order valence-corrected chi connectivity index (χ4v) is 2.38. The fourth-order valence-electron chi connectivity index (χ4n) is 1.71. The third-order valence-corrected chi connectivity index (χ3v) is 3.26. The van der Waals surface area contributed by atoms with E-state index in [1.165, 1.54) is 5.56 Å². The number of nitrogens with zero attached hydrogens (tertiary/aromatic N) is 2. The minimum Gasteiger partial charge on any atom is -0.481 e. The number of aromatic amines is 1. The van der Waals surface area contributed by atoms with Gasteiger partial charge in [0.2, 0.25) is 5.88 Å². The second-order valence-corrected chi connectivity index (χ2v) is 4.50. The van der Waals surface area contributed by atoms with Crippen molar-refractivity contribution in [2.45, 2.75) is 6.42 Å². The largest absolute Gasteiger partial charge is 0.481 e. The molecule has 0 bridgehead atoms. The molecule has 0 fully saturated rings. The van der Waals surface area contributed by atoms with Crippen molar-refractivity contribution in [3.8, 4) is 5.88 Å². The summed E-state index contributed by atoms with van der Waals surface area (Å²) < 4.78 is 5.07. The predicted octanol–water partition coefficient (Wildman–Crippen LogP) is 2.62. The Kier molecular flexibility index (Phi) is 2.53. The number of thiophene rings is 1. The first kappa shape index (κ1) is 10.3. The maximum atomic E-state index is 5.07. The van der Waals surface area contributed by atoms with E-state index < -0.39 is 0 Å². The van der Waals surface area contributed by atoms with Crippen LogP contribution in [-0.4, -0.2) is 22.1 Å². The van der Waals surface area contributed by atoms with E-state index >= 15 is 0 Å². The van der Waals surface area contributed by atoms with E-state index in [0.717, 1.165) is 17.8 Å². The minimum atomic E-state index is 0.589. The third-order valence-electron chi connectivity index (χ3n) is 2.53. The van der Waals surface area contributed by atoms with Crippen molar-refractivity contribution in [2.24, 2.45) is 0 Å². The average Bonchev–Trinajstić information content (AvgIpc) is 2.96. The van der Waals surface area contributed by atoms with Crippen LogP contribution in [0.2, 0.25) is 0 Å². The van der Waals surface area contributed by atoms with Crippen molar-refractivity contribution in [1.82, 2.24) is 15.0 Å². The summed E-state index contributed by atoms with van der Waals surface area (Å²) in [6.07, 6.45) is 0.808. The summed E-state index contributed by atoms with van der Waals surface area (Å²) in [5.41, 5.74) is 2.91. The highest BCUT2D eigenvalue weighted by Gasteiger charge is 2.06. The lowest BCUT2D eigenvalue weighted by Gasteiger charge is -1.95. The van der Waals surface area contributed by atoms with Crippen molar-refractivity contribution in [2.75, 3.05) is 7.11 Å². The molecule has 86 valence electrons. The Bertz CT molecular complexity index is 630. The SMILES string of the molecule is COc1ccc2[nH]c(Cc3ccsc3)nc2n1. The van der Waals surface area contributed by atoms with Gasteiger partial charge in [-0.15, -0.1) is 0 Å². The number of aromatic nitrogens is 3. The van der Waals surface area contributed by atoms with Crippen LogP contribution < -0.4 is 4.74 Å². The Labute approximate surface area is 102 Å². The Morgan fingerprint density at radius 2 is 2.24 bits per heavy atom. The normalized spacial score (nSPS) is 10.9. The van der Waals surface area contributed by atoms with Crippen molar-refractivity contribution >= 4 is 22.5 Å². The number of fused-ring (bicyclic) bond motifs is 1. The molecule has 0 radical (unpaired) electrons. The number of hydrogen-bond donors (Lipinski definition) is 1. The molecule has 3 aromatic heterocycles. The molecule has 3 rings (SSSR count). The number of hydrogen-bond acceptors (Lipinski definition) is 4. The van der Waals surface area contributed by atoms with Gasteiger partial charge in [-0.1, -0.05) is 0 Å². The van der Waals surface area contributed by atoms with E-state index in [2.05, 4.69) is 31.8 Å². The van der Waals surface area contributed by atoms with Crippen LogP contribution in [-0.2, 0) is 6.42 Å². The molecule has 0 aliphatic rings. The Morgan fingerprint density at radius 1 is 1.29 bits per heavy atom. The summed E-state index contributed by atoms with van der Waals surface area (Å²) >= 11 is 1.69. The van der Waals surface area contributed by atoms with Crippen molar-refractivity contribution in [3.63, 3.8) is 0 Å². The molecule has 0 spiro atoms. The number of nitrogens with one attached hydrogen (secondary N) is 1. The first-order valence-corrected chi connectivity index (χ1v) is 6.20. The minimum absolute atomic E-state index is 0.589. The predicted molar refractivity (Wildman–Crippen MR) is 67.6 cm³/mol. The van der Waals surface area contributed by atoms with Crippen LogP contribution >= 0.6 is 11.3 Å². The molecule has 3 heterocycles. The van der Waals surface area contributed by atoms with Gasteiger partial charge < -0.3 is 9.72 Å². The quantitative estimate of drug-likeness (QED) is 0.771. The second kappa shape index (κ2) is 4.18. The van der Waals surface area contributed by atoms with Crippen LogP contribution in [0.5, 0.6) is 5.88 Å². The van der Waals surface area contributed by atoms with Gasteiger partial charge >= 0.3 is 0 Å². The number of rotatable bonds is 3. The lowest BCUT2D eigenvalue weighted by atomic mass is 10.2. The van der Waals surface area contributed by atoms with Crippen LogP contribution in [0.4, 0.5) is 0 Å². The van der Waals surface area contributed by atoms with Gasteiger partial charge in [0.05, 0.1) is 12.6 Å². The maximum absolute atomic E-state index is 5.07. The van der Waals surface area contributed by atoms with Crippen molar-refractivity contribution in [1.29, 1.82) is 0 Å². The monoisotopic (exact) mass is 245 g/mol. The van der Waals surface area contributed by atoms with Gasteiger partial charge in [-0.25, -0.2) is 4.98 Å². The smallest absolute Gasteiger partial charge is 0.215 e. The molecule has 0 unspecified atom stereocenters. The van der Waals surface area contributed by atoms with Gasteiger partial charge in [-0.3, -0.25) is 0 Å². The lowest BCUT2D eigenvalue weighted by Crippen LogP contribution is -1.88. The first-order valence-electron chi connectivity index (χ1n) is 5.26. The molecule has 3 aromatic rings. The van der Waals surface area contributed by atoms with Crippen LogP contribution in [0.1, 0.15) is 11.4 Å². The summed E-state index contributed by atoms with van der Waals surface area (Å²) in [6.45, 7) is 0. The highest BCUT2D eigenvalue weighted by Crippen LogP contribution is 2.16. The van der Waals surface area contributed by atoms with E-state index in [9.17, 15) is 0 Å². The van der Waals surface area contributed by atoms with E-state index in [4.69, 9.17) is 4.74 Å². The second-order valence-electron chi connectivity index (χ2n) is 3.72. The molecule has 0 aliphatic heterocycles. The summed E-state index contributed by atoms with van der Waals surface area (Å²) in [6, 6.07) is 5.87. The zero-order chi connectivity index (χ0) is 11.7. The molecule has 4 nitrogen and oxygen atoms in total. The number of H-pyrrole nitrogens is 1. The van der Waals surface area contributed by atoms with Crippen molar-refractivity contribution < 1.29 is 4.74 Å². The highest BCUT2D eigenvalue weighted by atomic mass is 32.1. The van der Waals surface area contributed by atoms with Crippen LogP contribution in [0.25, 0.3) is 11.2 Å². The standard InChI is InChI=1S/C12H11N3OS/c1-16-11-3-2-9-12(15-11)14-10(13-9)6-8-4-5-17-7-8/h2-5,7H,6H2,1H3,(H,13,14,15). The molecule has 0 aliphatic carbocycles. The van der Waals surface area contributed by atoms with E-state index in [1.807, 2.05) is 12.1 Å². The van der Waals surface area contributed by atoms with E-state index in [0.29, 0.717) is 11.5 Å². The summed E-state index contributed by atoms with van der Waals surface area (Å²) in [5, 5.41) is 4.19. The number of ether oxygens (including phenoxy) is 1. The van der Waals surface area contributed by atoms with Crippen LogP contribution in [0.3, 0.4) is 0 Å². The van der Waals surface area contributed by atoms with Gasteiger partial charge in [0.25, 0.3) is 0 Å². The fraction of sp³-hybridized carbons (Fsp3) is 0.167. The van der Waals surface area contributed by atoms with Crippen LogP contribution in [0, 0.1) is 0 Å². The molecule has 0 saturated carbocycles. The molecular formula is C12H11N3OS.